The Bertz CT molecular complexity index is 1080. The summed E-state index contributed by atoms with van der Waals surface area (Å²) in [6.45, 7) is 0. The first kappa shape index (κ1) is 16.0. The average molecular weight is 364 g/mol. The number of nitrogens with zero attached hydrogens (tertiary/aromatic N) is 5. The Hall–Kier alpha value is -3.20. The van der Waals surface area contributed by atoms with Crippen LogP contribution in [-0.2, 0) is 0 Å². The monoisotopic (exact) mass is 364 g/mol. The molecule has 1 aliphatic rings. The molecule has 3 aromatic heterocycles. The minimum absolute atomic E-state index is 0.164. The van der Waals surface area contributed by atoms with Gasteiger partial charge in [0.1, 0.15) is 11.3 Å². The van der Waals surface area contributed by atoms with Gasteiger partial charge in [0.25, 0.3) is 0 Å². The van der Waals surface area contributed by atoms with Crippen molar-refractivity contribution >= 4 is 34.1 Å². The van der Waals surface area contributed by atoms with Gasteiger partial charge in [-0.05, 0) is 56.0 Å². The first-order chi connectivity index (χ1) is 13.2. The van der Waals surface area contributed by atoms with Crippen molar-refractivity contribution in [3.63, 3.8) is 0 Å². The molecule has 0 unspecified atom stereocenters. The highest BCUT2D eigenvalue weighted by Gasteiger charge is 2.20. The van der Waals surface area contributed by atoms with Crippen molar-refractivity contribution in [2.24, 2.45) is 0 Å². The molecular formula is C18H20N8O. The Morgan fingerprint density at radius 3 is 2.89 bits per heavy atom. The topological polar surface area (TPSA) is 116 Å². The van der Waals surface area contributed by atoms with E-state index in [1.165, 1.54) is 0 Å². The summed E-state index contributed by atoms with van der Waals surface area (Å²) in [6, 6.07) is 12.0. The van der Waals surface area contributed by atoms with Crippen molar-refractivity contribution < 1.29 is 5.11 Å². The van der Waals surface area contributed by atoms with Crippen molar-refractivity contribution in [2.75, 3.05) is 10.6 Å². The van der Waals surface area contributed by atoms with E-state index >= 15 is 0 Å². The van der Waals surface area contributed by atoms with Crippen LogP contribution in [0.2, 0.25) is 0 Å². The van der Waals surface area contributed by atoms with Gasteiger partial charge in [-0.1, -0.05) is 11.3 Å². The van der Waals surface area contributed by atoms with Gasteiger partial charge in [-0.25, -0.2) is 0 Å². The fourth-order valence-corrected chi connectivity index (χ4v) is 3.55. The number of rotatable bonds is 4. The summed E-state index contributed by atoms with van der Waals surface area (Å²) in [5.74, 6) is 1.42. The van der Waals surface area contributed by atoms with Crippen LogP contribution >= 0.6 is 0 Å². The molecule has 1 fully saturated rings. The Labute approximate surface area is 154 Å². The van der Waals surface area contributed by atoms with Crippen molar-refractivity contribution in [2.45, 2.75) is 37.8 Å². The zero-order valence-corrected chi connectivity index (χ0v) is 14.6. The third-order valence-electron chi connectivity index (χ3n) is 4.99. The molecule has 0 saturated heterocycles. The zero-order valence-electron chi connectivity index (χ0n) is 14.6. The molecule has 4 aromatic rings. The molecule has 0 aliphatic heterocycles. The molecule has 138 valence electrons. The Balaban J connectivity index is 1.39. The second-order valence-corrected chi connectivity index (χ2v) is 6.93. The summed E-state index contributed by atoms with van der Waals surface area (Å²) in [6.07, 6.45) is 3.41. The van der Waals surface area contributed by atoms with Crippen LogP contribution in [-0.4, -0.2) is 47.3 Å². The van der Waals surface area contributed by atoms with Crippen molar-refractivity contribution in [1.29, 1.82) is 0 Å². The summed E-state index contributed by atoms with van der Waals surface area (Å²) < 4.78 is 1.81. The Kier molecular flexibility index (Phi) is 3.86. The lowest BCUT2D eigenvalue weighted by molar-refractivity contribution is 0.126. The fraction of sp³-hybridized carbons (Fsp3) is 0.333. The van der Waals surface area contributed by atoms with Gasteiger partial charge in [0.2, 0.25) is 5.95 Å². The molecular weight excluding hydrogens is 344 g/mol. The molecule has 0 radical (unpaired) electrons. The van der Waals surface area contributed by atoms with Crippen LogP contribution in [0.1, 0.15) is 25.7 Å². The average Bonchev–Trinajstić information content (AvgIpc) is 3.30. The first-order valence-electron chi connectivity index (χ1n) is 9.13. The van der Waals surface area contributed by atoms with Gasteiger partial charge in [0.15, 0.2) is 5.65 Å². The Morgan fingerprint density at radius 2 is 2.00 bits per heavy atom. The van der Waals surface area contributed by atoms with E-state index in [0.29, 0.717) is 12.0 Å². The summed E-state index contributed by atoms with van der Waals surface area (Å²) in [5.41, 5.74) is 3.28. The highest BCUT2D eigenvalue weighted by molar-refractivity contribution is 5.79. The molecule has 0 bridgehead atoms. The quantitative estimate of drug-likeness (QED) is 0.439. The first-order valence-corrected chi connectivity index (χ1v) is 9.13. The van der Waals surface area contributed by atoms with Crippen LogP contribution in [0.15, 0.2) is 36.4 Å². The number of fused-ring (bicyclic) bond motifs is 2. The van der Waals surface area contributed by atoms with E-state index in [1.54, 1.807) is 0 Å². The van der Waals surface area contributed by atoms with E-state index in [-0.39, 0.29) is 6.10 Å². The number of aromatic nitrogens is 6. The number of nitrogens with one attached hydrogen (secondary N) is 3. The smallest absolute Gasteiger partial charge is 0.247 e. The maximum absolute atomic E-state index is 9.69. The number of hydrogen-bond acceptors (Lipinski definition) is 7. The van der Waals surface area contributed by atoms with E-state index in [4.69, 9.17) is 0 Å². The number of aliphatic hydroxyl groups is 1. The number of aliphatic hydroxyl groups excluding tert-OH is 1. The summed E-state index contributed by atoms with van der Waals surface area (Å²) >= 11 is 0. The van der Waals surface area contributed by atoms with E-state index < -0.39 is 0 Å². The van der Waals surface area contributed by atoms with Gasteiger partial charge in [-0.15, -0.1) is 10.2 Å². The van der Waals surface area contributed by atoms with Crippen LogP contribution in [0.5, 0.6) is 0 Å². The van der Waals surface area contributed by atoms with E-state index in [1.807, 2.05) is 40.9 Å². The lowest BCUT2D eigenvalue weighted by Crippen LogP contribution is -2.29. The fourth-order valence-electron chi connectivity index (χ4n) is 3.55. The van der Waals surface area contributed by atoms with E-state index in [9.17, 15) is 5.11 Å². The second kappa shape index (κ2) is 6.51. The largest absolute Gasteiger partial charge is 0.393 e. The van der Waals surface area contributed by atoms with Crippen molar-refractivity contribution in [3.8, 4) is 0 Å². The SMILES string of the molecule is O[C@H]1CC[C@@H](Nc2cccc3nc(Nc4ccc5[nH]nnc5c4)nn23)CC1. The van der Waals surface area contributed by atoms with Crippen LogP contribution in [0, 0.1) is 0 Å². The van der Waals surface area contributed by atoms with Crippen molar-refractivity contribution in [3.05, 3.63) is 36.4 Å². The molecule has 3 heterocycles. The number of H-pyrrole nitrogens is 1. The summed E-state index contributed by atoms with van der Waals surface area (Å²) in [4.78, 5) is 4.56. The van der Waals surface area contributed by atoms with Gasteiger partial charge < -0.3 is 15.7 Å². The molecule has 4 N–H and O–H groups in total. The molecule has 0 amide bonds. The lowest BCUT2D eigenvalue weighted by Gasteiger charge is -2.26. The maximum atomic E-state index is 9.69. The number of pyridine rings is 1. The Morgan fingerprint density at radius 1 is 1.11 bits per heavy atom. The highest BCUT2D eigenvalue weighted by atomic mass is 16.3. The van der Waals surface area contributed by atoms with Crippen LogP contribution in [0.3, 0.4) is 0 Å². The maximum Gasteiger partial charge on any atom is 0.247 e. The van der Waals surface area contributed by atoms with E-state index in [0.717, 1.165) is 53.9 Å². The number of aromatic amines is 1. The molecule has 0 atom stereocenters. The van der Waals surface area contributed by atoms with Gasteiger partial charge in [-0.2, -0.15) is 9.50 Å². The van der Waals surface area contributed by atoms with Gasteiger partial charge in [-0.3, -0.25) is 5.10 Å². The summed E-state index contributed by atoms with van der Waals surface area (Å²) in [7, 11) is 0. The third kappa shape index (κ3) is 3.17. The van der Waals surface area contributed by atoms with Gasteiger partial charge in [0, 0.05) is 11.7 Å². The molecule has 9 heteroatoms. The van der Waals surface area contributed by atoms with E-state index in [2.05, 4.69) is 36.1 Å². The lowest BCUT2D eigenvalue weighted by atomic mass is 9.93. The minimum atomic E-state index is -0.164. The second-order valence-electron chi connectivity index (χ2n) is 6.93. The normalized spacial score (nSPS) is 20.2. The molecule has 9 nitrogen and oxygen atoms in total. The molecule has 1 saturated carbocycles. The molecule has 5 rings (SSSR count). The third-order valence-corrected chi connectivity index (χ3v) is 4.99. The van der Waals surface area contributed by atoms with Gasteiger partial charge >= 0.3 is 0 Å². The highest BCUT2D eigenvalue weighted by Crippen LogP contribution is 2.24. The van der Waals surface area contributed by atoms with Crippen LogP contribution in [0.4, 0.5) is 17.5 Å². The molecule has 1 aromatic carbocycles. The number of anilines is 3. The number of hydrogen-bond donors (Lipinski definition) is 4. The minimum Gasteiger partial charge on any atom is -0.393 e. The number of benzene rings is 1. The standard InChI is InChI=1S/C18H20N8O/c27-13-7-4-11(5-8-13)19-16-2-1-3-17-21-18(24-26(16)17)20-12-6-9-14-15(10-12)23-25-22-14/h1-3,6,9-11,13,19,27H,4-5,7-8H2,(H,20,24)(H,22,23,25)/t11-,13+. The van der Waals surface area contributed by atoms with Crippen LogP contribution < -0.4 is 10.6 Å². The predicted octanol–water partition coefficient (Wildman–Crippen LogP) is 2.46. The van der Waals surface area contributed by atoms with Gasteiger partial charge in [0.05, 0.1) is 11.6 Å². The van der Waals surface area contributed by atoms with Crippen molar-refractivity contribution in [1.82, 2.24) is 30.0 Å². The molecule has 27 heavy (non-hydrogen) atoms. The zero-order chi connectivity index (χ0) is 18.2. The molecule has 0 spiro atoms. The summed E-state index contributed by atoms with van der Waals surface area (Å²) in [5, 5.41) is 31.7. The van der Waals surface area contributed by atoms with Crippen LogP contribution in [0.25, 0.3) is 16.7 Å². The molecule has 1 aliphatic carbocycles. The predicted molar refractivity (Wildman–Crippen MR) is 102 cm³/mol.